The largest absolute Gasteiger partial charge is 0.480 e. The maximum atomic E-state index is 12.6. The molecule has 0 aliphatic heterocycles. The second-order valence-electron chi connectivity index (χ2n) is 8.22. The number of carbonyl (C=O) groups excluding carboxylic acids is 1. The summed E-state index contributed by atoms with van der Waals surface area (Å²) < 4.78 is 5.50. The zero-order chi connectivity index (χ0) is 23.7. The lowest BCUT2D eigenvalue weighted by Crippen LogP contribution is -2.42. The first-order valence-corrected chi connectivity index (χ1v) is 10.9. The molecule has 7 nitrogen and oxygen atoms in total. The predicted molar refractivity (Wildman–Crippen MR) is 126 cm³/mol. The first-order valence-electron chi connectivity index (χ1n) is 10.9. The molecule has 0 unspecified atom stereocenters. The number of fused-ring (bicyclic) bond motifs is 4. The molecule has 4 aromatic rings. The number of nitrogens with one attached hydrogen (secondary N) is 2. The van der Waals surface area contributed by atoms with Crippen molar-refractivity contribution in [3.05, 3.63) is 95.2 Å². The molecular formula is C27H21N3O4. The highest BCUT2D eigenvalue weighted by Crippen LogP contribution is 2.44. The minimum Gasteiger partial charge on any atom is -0.480 e. The highest BCUT2D eigenvalue weighted by Gasteiger charge is 2.30. The second-order valence-corrected chi connectivity index (χ2v) is 8.22. The maximum absolute atomic E-state index is 12.6. The third kappa shape index (κ3) is 3.76. The Bertz CT molecular complexity index is 1400. The summed E-state index contributed by atoms with van der Waals surface area (Å²) in [6, 6.07) is 22.2. The lowest BCUT2D eigenvalue weighted by Gasteiger charge is -2.17. The Morgan fingerprint density at radius 1 is 1.03 bits per heavy atom. The van der Waals surface area contributed by atoms with E-state index in [1.807, 2.05) is 54.6 Å². The van der Waals surface area contributed by atoms with Crippen LogP contribution in [-0.4, -0.2) is 34.8 Å². The van der Waals surface area contributed by atoms with Gasteiger partial charge in [-0.1, -0.05) is 60.7 Å². The van der Waals surface area contributed by atoms with Crippen LogP contribution in [0.5, 0.6) is 0 Å². The summed E-state index contributed by atoms with van der Waals surface area (Å²) in [5.74, 6) is -1.28. The molecule has 5 rings (SSSR count). The summed E-state index contributed by atoms with van der Waals surface area (Å²) in [5.41, 5.74) is 6.21. The Labute approximate surface area is 195 Å². The van der Waals surface area contributed by atoms with Gasteiger partial charge < -0.3 is 20.1 Å². The number of carboxylic acids is 1. The topological polar surface area (TPSA) is 115 Å². The van der Waals surface area contributed by atoms with Crippen molar-refractivity contribution < 1.29 is 19.4 Å². The Morgan fingerprint density at radius 2 is 1.71 bits per heavy atom. The van der Waals surface area contributed by atoms with Crippen LogP contribution in [0.25, 0.3) is 22.0 Å². The molecule has 3 N–H and O–H groups in total. The standard InChI is InChI=1S/C27H21N3O4/c28-13-16-6-5-11-18-17(14-29-25(16)18)12-24(26(31)32)30-27(33)34-15-23-21-9-3-1-7-19(21)20-8-2-4-10-22(20)23/h1-11,14,23-24,29H,12,15H2,(H,30,33)(H,31,32)/t24-/m1/s1. The number of nitriles is 1. The van der Waals surface area contributed by atoms with Crippen molar-refractivity contribution in [2.24, 2.45) is 0 Å². The van der Waals surface area contributed by atoms with Gasteiger partial charge in [0.2, 0.25) is 0 Å². The Kier molecular flexibility index (Phi) is 5.48. The molecule has 168 valence electrons. The van der Waals surface area contributed by atoms with Gasteiger partial charge in [-0.15, -0.1) is 0 Å². The number of benzene rings is 3. The predicted octanol–water partition coefficient (Wildman–Crippen LogP) is 4.57. The first-order chi connectivity index (χ1) is 16.6. The van der Waals surface area contributed by atoms with Crippen LogP contribution in [-0.2, 0) is 16.0 Å². The highest BCUT2D eigenvalue weighted by molar-refractivity contribution is 5.89. The van der Waals surface area contributed by atoms with Crippen LogP contribution in [0, 0.1) is 11.3 Å². The quantitative estimate of drug-likeness (QED) is 0.397. The number of carbonyl (C=O) groups is 2. The van der Waals surface area contributed by atoms with Crippen molar-refractivity contribution in [2.75, 3.05) is 6.61 Å². The summed E-state index contributed by atoms with van der Waals surface area (Å²) in [5, 5.41) is 22.2. The third-order valence-corrected chi connectivity index (χ3v) is 6.28. The fourth-order valence-corrected chi connectivity index (χ4v) is 4.68. The van der Waals surface area contributed by atoms with E-state index in [4.69, 9.17) is 4.74 Å². The molecule has 1 atom stereocenters. The van der Waals surface area contributed by atoms with Gasteiger partial charge in [0.05, 0.1) is 11.1 Å². The number of ether oxygens (including phenoxy) is 1. The van der Waals surface area contributed by atoms with Gasteiger partial charge in [0.15, 0.2) is 0 Å². The second kappa shape index (κ2) is 8.75. The van der Waals surface area contributed by atoms with Gasteiger partial charge >= 0.3 is 12.1 Å². The van der Waals surface area contributed by atoms with E-state index in [9.17, 15) is 20.0 Å². The molecule has 1 aromatic heterocycles. The Balaban J connectivity index is 1.29. The van der Waals surface area contributed by atoms with Crippen LogP contribution < -0.4 is 5.32 Å². The number of aromatic nitrogens is 1. The average Bonchev–Trinajstić information content (AvgIpc) is 3.41. The van der Waals surface area contributed by atoms with Gasteiger partial charge in [0.25, 0.3) is 0 Å². The average molecular weight is 451 g/mol. The highest BCUT2D eigenvalue weighted by atomic mass is 16.5. The van der Waals surface area contributed by atoms with E-state index in [0.29, 0.717) is 16.6 Å². The van der Waals surface area contributed by atoms with E-state index in [2.05, 4.69) is 16.4 Å². The SMILES string of the molecule is N#Cc1cccc2c(C[C@@H](NC(=O)OCC3c4ccccc4-c4ccccc43)C(=O)O)c[nH]c12. The van der Waals surface area contributed by atoms with Crippen LogP contribution in [0.3, 0.4) is 0 Å². The molecule has 3 aromatic carbocycles. The van der Waals surface area contributed by atoms with E-state index in [-0.39, 0.29) is 18.9 Å². The molecule has 1 heterocycles. The summed E-state index contributed by atoms with van der Waals surface area (Å²) in [7, 11) is 0. The van der Waals surface area contributed by atoms with Crippen molar-refractivity contribution in [3.8, 4) is 17.2 Å². The number of aliphatic carboxylic acids is 1. The zero-order valence-electron chi connectivity index (χ0n) is 18.1. The number of H-pyrrole nitrogens is 1. The third-order valence-electron chi connectivity index (χ3n) is 6.28. The first kappa shape index (κ1) is 21.3. The number of nitrogens with zero attached hydrogens (tertiary/aromatic N) is 1. The fraction of sp³-hybridized carbons (Fsp3) is 0.148. The molecule has 0 saturated heterocycles. The van der Waals surface area contributed by atoms with Crippen LogP contribution in [0.4, 0.5) is 4.79 Å². The fourth-order valence-electron chi connectivity index (χ4n) is 4.68. The molecule has 0 fully saturated rings. The van der Waals surface area contributed by atoms with Gasteiger partial charge in [-0.3, -0.25) is 0 Å². The summed E-state index contributed by atoms with van der Waals surface area (Å²) in [6.07, 6.45) is 0.932. The minimum absolute atomic E-state index is 0.0500. The molecule has 1 aliphatic carbocycles. The number of rotatable bonds is 6. The number of alkyl carbamates (subject to hydrolysis) is 1. The molecule has 7 heteroatoms. The molecule has 0 saturated carbocycles. The van der Waals surface area contributed by atoms with Crippen molar-refractivity contribution in [1.82, 2.24) is 10.3 Å². The van der Waals surface area contributed by atoms with E-state index >= 15 is 0 Å². The van der Waals surface area contributed by atoms with E-state index < -0.39 is 18.1 Å². The molecule has 0 radical (unpaired) electrons. The van der Waals surface area contributed by atoms with Crippen LogP contribution in [0.15, 0.2) is 72.9 Å². The molecule has 0 spiro atoms. The van der Waals surface area contributed by atoms with Crippen molar-refractivity contribution >= 4 is 23.0 Å². The number of amides is 1. The van der Waals surface area contributed by atoms with Crippen molar-refractivity contribution in [1.29, 1.82) is 5.26 Å². The lowest BCUT2D eigenvalue weighted by atomic mass is 9.98. The van der Waals surface area contributed by atoms with Gasteiger partial charge in [0.1, 0.15) is 18.7 Å². The Hall–Kier alpha value is -4.57. The summed E-state index contributed by atoms with van der Waals surface area (Å²) in [4.78, 5) is 27.5. The number of aromatic amines is 1. The summed E-state index contributed by atoms with van der Waals surface area (Å²) in [6.45, 7) is 0.102. The van der Waals surface area contributed by atoms with Crippen molar-refractivity contribution in [2.45, 2.75) is 18.4 Å². The molecule has 1 amide bonds. The van der Waals surface area contributed by atoms with Crippen LogP contribution >= 0.6 is 0 Å². The van der Waals surface area contributed by atoms with Gasteiger partial charge in [-0.25, -0.2) is 9.59 Å². The molecular weight excluding hydrogens is 430 g/mol. The van der Waals surface area contributed by atoms with Crippen LogP contribution in [0.2, 0.25) is 0 Å². The molecule has 1 aliphatic rings. The van der Waals surface area contributed by atoms with E-state index in [0.717, 1.165) is 27.6 Å². The zero-order valence-corrected chi connectivity index (χ0v) is 18.1. The summed E-state index contributed by atoms with van der Waals surface area (Å²) >= 11 is 0. The van der Waals surface area contributed by atoms with Crippen molar-refractivity contribution in [3.63, 3.8) is 0 Å². The van der Waals surface area contributed by atoms with Crippen LogP contribution in [0.1, 0.15) is 28.2 Å². The Morgan fingerprint density at radius 3 is 2.35 bits per heavy atom. The number of hydrogen-bond acceptors (Lipinski definition) is 4. The van der Waals surface area contributed by atoms with Gasteiger partial charge in [0, 0.05) is 23.9 Å². The van der Waals surface area contributed by atoms with Gasteiger partial charge in [-0.05, 0) is 33.9 Å². The van der Waals surface area contributed by atoms with E-state index in [1.165, 1.54) is 0 Å². The maximum Gasteiger partial charge on any atom is 0.407 e. The number of para-hydroxylation sites is 1. The molecule has 0 bridgehead atoms. The monoisotopic (exact) mass is 451 g/mol. The van der Waals surface area contributed by atoms with Gasteiger partial charge in [-0.2, -0.15) is 5.26 Å². The number of carboxylic acid groups (broad SMARTS) is 1. The number of hydrogen-bond donors (Lipinski definition) is 3. The minimum atomic E-state index is -1.18. The smallest absolute Gasteiger partial charge is 0.407 e. The molecule has 34 heavy (non-hydrogen) atoms. The normalized spacial score (nSPS) is 13.0. The lowest BCUT2D eigenvalue weighted by molar-refractivity contribution is -0.139. The van der Waals surface area contributed by atoms with E-state index in [1.54, 1.807) is 18.3 Å².